The molecule has 9 nitrogen and oxygen atoms in total. The van der Waals surface area contributed by atoms with E-state index in [1.54, 1.807) is 20.5 Å². The van der Waals surface area contributed by atoms with Crippen molar-refractivity contribution in [2.45, 2.75) is 45.9 Å². The van der Waals surface area contributed by atoms with Gasteiger partial charge < -0.3 is 24.7 Å². The van der Waals surface area contributed by atoms with Crippen LogP contribution in [0.5, 0.6) is 11.5 Å². The van der Waals surface area contributed by atoms with E-state index in [2.05, 4.69) is 51.7 Å². The van der Waals surface area contributed by atoms with Crippen LogP contribution in [0.1, 0.15) is 31.7 Å². The van der Waals surface area contributed by atoms with Gasteiger partial charge in [0.05, 0.1) is 14.2 Å². The minimum atomic E-state index is 0.347. The molecule has 0 aliphatic carbocycles. The van der Waals surface area contributed by atoms with Gasteiger partial charge in [-0.25, -0.2) is 4.99 Å². The molecule has 1 unspecified atom stereocenters. The van der Waals surface area contributed by atoms with Crippen LogP contribution in [0.3, 0.4) is 0 Å². The summed E-state index contributed by atoms with van der Waals surface area (Å²) in [5.74, 6) is 3.33. The van der Waals surface area contributed by atoms with Crippen LogP contribution in [0.25, 0.3) is 0 Å². The fraction of sp³-hybridized carbons (Fsp3) is 0.571. The normalized spacial score (nSPS) is 17.2. The van der Waals surface area contributed by atoms with Crippen molar-refractivity contribution in [1.82, 2.24) is 30.3 Å². The Morgan fingerprint density at radius 3 is 2.63 bits per heavy atom. The van der Waals surface area contributed by atoms with E-state index in [1.807, 2.05) is 10.6 Å². The summed E-state index contributed by atoms with van der Waals surface area (Å²) >= 11 is 0. The maximum Gasteiger partial charge on any atom is 0.191 e. The number of nitrogens with zero attached hydrogens (tertiary/aromatic N) is 5. The van der Waals surface area contributed by atoms with E-state index in [0.717, 1.165) is 62.4 Å². The molecule has 1 aromatic carbocycles. The highest BCUT2D eigenvalue weighted by Crippen LogP contribution is 2.24. The van der Waals surface area contributed by atoms with Crippen molar-refractivity contribution in [2.75, 3.05) is 33.9 Å². The molecule has 0 spiro atoms. The molecule has 2 heterocycles. The van der Waals surface area contributed by atoms with Gasteiger partial charge in [0.25, 0.3) is 0 Å². The van der Waals surface area contributed by atoms with Gasteiger partial charge in [-0.2, -0.15) is 0 Å². The number of rotatable bonds is 9. The van der Waals surface area contributed by atoms with Crippen LogP contribution >= 0.6 is 0 Å². The molecule has 0 radical (unpaired) electrons. The molecule has 9 heteroatoms. The van der Waals surface area contributed by atoms with E-state index in [-0.39, 0.29) is 0 Å². The summed E-state index contributed by atoms with van der Waals surface area (Å²) < 4.78 is 12.8. The topological polar surface area (TPSA) is 88.8 Å². The molecule has 2 N–H and O–H groups in total. The zero-order valence-electron chi connectivity index (χ0n) is 18.4. The summed E-state index contributed by atoms with van der Waals surface area (Å²) in [5.41, 5.74) is 1.19. The highest BCUT2D eigenvalue weighted by molar-refractivity contribution is 5.80. The SMILES string of the molecule is CCNC(=NCc1nncn1CC)NC1CCN(Cc2cc(OC)cc(OC)c2)C1. The predicted molar refractivity (Wildman–Crippen MR) is 117 cm³/mol. The third-order valence-electron chi connectivity index (χ3n) is 5.19. The number of hydrogen-bond donors (Lipinski definition) is 2. The smallest absolute Gasteiger partial charge is 0.191 e. The van der Waals surface area contributed by atoms with Gasteiger partial charge in [-0.15, -0.1) is 10.2 Å². The molecule has 1 atom stereocenters. The average molecular weight is 416 g/mol. The summed E-state index contributed by atoms with van der Waals surface area (Å²) in [7, 11) is 3.36. The molecule has 0 bridgehead atoms. The van der Waals surface area contributed by atoms with Crippen LogP contribution in [0.15, 0.2) is 29.5 Å². The zero-order valence-corrected chi connectivity index (χ0v) is 18.4. The molecule has 1 aromatic heterocycles. The van der Waals surface area contributed by atoms with Crippen LogP contribution in [-0.2, 0) is 19.6 Å². The largest absolute Gasteiger partial charge is 0.497 e. The first kappa shape index (κ1) is 21.9. The second-order valence-corrected chi connectivity index (χ2v) is 7.31. The standard InChI is InChI=1S/C21H33N7O2/c1-5-22-21(23-12-20-26-24-15-28(20)6-2)25-17-7-8-27(14-17)13-16-9-18(29-3)11-19(10-16)30-4/h9-11,15,17H,5-8,12-14H2,1-4H3,(H2,22,23,25). The van der Waals surface area contributed by atoms with E-state index < -0.39 is 0 Å². The van der Waals surface area contributed by atoms with Crippen molar-refractivity contribution in [3.63, 3.8) is 0 Å². The molecular weight excluding hydrogens is 382 g/mol. The maximum absolute atomic E-state index is 5.39. The quantitative estimate of drug-likeness (QED) is 0.475. The van der Waals surface area contributed by atoms with Gasteiger partial charge in [0, 0.05) is 44.8 Å². The summed E-state index contributed by atoms with van der Waals surface area (Å²) in [5, 5.41) is 15.0. The Labute approximate surface area is 178 Å². The molecule has 1 aliphatic heterocycles. The third kappa shape index (κ3) is 5.85. The Kier molecular flexibility index (Phi) is 7.89. The Balaban J connectivity index is 1.57. The number of hydrogen-bond acceptors (Lipinski definition) is 6. The summed E-state index contributed by atoms with van der Waals surface area (Å²) in [6, 6.07) is 6.38. The number of methoxy groups -OCH3 is 2. The molecule has 0 amide bonds. The van der Waals surface area contributed by atoms with Gasteiger partial charge in [-0.1, -0.05) is 0 Å². The molecule has 1 aliphatic rings. The lowest BCUT2D eigenvalue weighted by atomic mass is 10.2. The Morgan fingerprint density at radius 2 is 1.97 bits per heavy atom. The molecule has 2 aromatic rings. The molecule has 164 valence electrons. The van der Waals surface area contributed by atoms with Gasteiger partial charge in [0.2, 0.25) is 0 Å². The number of guanidine groups is 1. The number of aliphatic imine (C=N–C) groups is 1. The fourth-order valence-corrected chi connectivity index (χ4v) is 3.64. The summed E-state index contributed by atoms with van der Waals surface area (Å²) in [4.78, 5) is 7.14. The number of benzene rings is 1. The van der Waals surface area contributed by atoms with E-state index >= 15 is 0 Å². The molecule has 30 heavy (non-hydrogen) atoms. The van der Waals surface area contributed by atoms with Gasteiger partial charge in [-0.05, 0) is 38.0 Å². The first-order valence-corrected chi connectivity index (χ1v) is 10.5. The second kappa shape index (κ2) is 10.8. The van der Waals surface area contributed by atoms with Crippen molar-refractivity contribution >= 4 is 5.96 Å². The Morgan fingerprint density at radius 1 is 1.20 bits per heavy atom. The molecule has 1 fully saturated rings. The third-order valence-corrected chi connectivity index (χ3v) is 5.19. The maximum atomic E-state index is 5.39. The van der Waals surface area contributed by atoms with Crippen molar-refractivity contribution in [3.05, 3.63) is 35.9 Å². The molecular formula is C21H33N7O2. The van der Waals surface area contributed by atoms with E-state index in [4.69, 9.17) is 14.5 Å². The first-order chi connectivity index (χ1) is 14.6. The van der Waals surface area contributed by atoms with E-state index in [0.29, 0.717) is 12.6 Å². The number of aryl methyl sites for hydroxylation is 1. The van der Waals surface area contributed by atoms with Gasteiger partial charge >= 0.3 is 0 Å². The first-order valence-electron chi connectivity index (χ1n) is 10.5. The van der Waals surface area contributed by atoms with Gasteiger partial charge in [-0.3, -0.25) is 4.90 Å². The molecule has 3 rings (SSSR count). The molecule has 1 saturated heterocycles. The number of likely N-dealkylation sites (tertiary alicyclic amines) is 1. The van der Waals surface area contributed by atoms with E-state index in [9.17, 15) is 0 Å². The minimum absolute atomic E-state index is 0.347. The van der Waals surface area contributed by atoms with Crippen molar-refractivity contribution in [3.8, 4) is 11.5 Å². The number of ether oxygens (including phenoxy) is 2. The zero-order chi connectivity index (χ0) is 21.3. The lowest BCUT2D eigenvalue weighted by Crippen LogP contribution is -2.44. The highest BCUT2D eigenvalue weighted by Gasteiger charge is 2.23. The highest BCUT2D eigenvalue weighted by atomic mass is 16.5. The number of aromatic nitrogens is 3. The lowest BCUT2D eigenvalue weighted by molar-refractivity contribution is 0.321. The van der Waals surface area contributed by atoms with Crippen LogP contribution in [0.2, 0.25) is 0 Å². The van der Waals surface area contributed by atoms with Gasteiger partial charge in [0.15, 0.2) is 11.8 Å². The number of nitrogens with one attached hydrogen (secondary N) is 2. The monoisotopic (exact) mass is 415 g/mol. The fourth-order valence-electron chi connectivity index (χ4n) is 3.64. The Bertz CT molecular complexity index is 814. The van der Waals surface area contributed by atoms with E-state index in [1.165, 1.54) is 5.56 Å². The van der Waals surface area contributed by atoms with Gasteiger partial charge in [0.1, 0.15) is 24.4 Å². The van der Waals surface area contributed by atoms with Crippen LogP contribution in [-0.4, -0.2) is 65.5 Å². The second-order valence-electron chi connectivity index (χ2n) is 7.31. The van der Waals surface area contributed by atoms with Crippen LogP contribution < -0.4 is 20.1 Å². The summed E-state index contributed by atoms with van der Waals surface area (Å²) in [6.07, 6.45) is 2.81. The minimum Gasteiger partial charge on any atom is -0.497 e. The lowest BCUT2D eigenvalue weighted by Gasteiger charge is -2.19. The molecule has 0 saturated carbocycles. The van der Waals surface area contributed by atoms with Crippen molar-refractivity contribution < 1.29 is 9.47 Å². The average Bonchev–Trinajstić information content (AvgIpc) is 3.40. The summed E-state index contributed by atoms with van der Waals surface area (Å²) in [6.45, 7) is 9.15. The van der Waals surface area contributed by atoms with Crippen molar-refractivity contribution in [1.29, 1.82) is 0 Å². The predicted octanol–water partition coefficient (Wildman–Crippen LogP) is 1.64. The Hall–Kier alpha value is -2.81. The van der Waals surface area contributed by atoms with Crippen LogP contribution in [0.4, 0.5) is 0 Å². The van der Waals surface area contributed by atoms with Crippen LogP contribution in [0, 0.1) is 0 Å². The van der Waals surface area contributed by atoms with Crippen molar-refractivity contribution in [2.24, 2.45) is 4.99 Å².